The van der Waals surface area contributed by atoms with Crippen molar-refractivity contribution in [3.8, 4) is 0 Å². The Balaban J connectivity index is 2.46. The van der Waals surface area contributed by atoms with E-state index >= 15 is 0 Å². The van der Waals surface area contributed by atoms with Crippen LogP contribution in [0.15, 0.2) is 24.3 Å². The number of hydrogen-bond acceptors (Lipinski definition) is 3. The van der Waals surface area contributed by atoms with Gasteiger partial charge in [0.15, 0.2) is 10.5 Å². The van der Waals surface area contributed by atoms with Gasteiger partial charge in [0.05, 0.1) is 11.1 Å². The van der Waals surface area contributed by atoms with E-state index in [1.165, 1.54) is 12.1 Å². The molecule has 0 aromatic heterocycles. The van der Waals surface area contributed by atoms with Crippen molar-refractivity contribution >= 4 is 10.5 Å². The van der Waals surface area contributed by atoms with Crippen LogP contribution in [0.5, 0.6) is 0 Å². The van der Waals surface area contributed by atoms with Gasteiger partial charge in [-0.2, -0.15) is 13.2 Å². The zero-order chi connectivity index (χ0) is 18.6. The largest absolute Gasteiger partial charge is 0.416 e. The Morgan fingerprint density at radius 1 is 1.08 bits per heavy atom. The number of rotatable bonds is 2. The van der Waals surface area contributed by atoms with E-state index in [1.54, 1.807) is 5.23 Å². The van der Waals surface area contributed by atoms with Gasteiger partial charge in [-0.3, -0.25) is 4.84 Å². The Morgan fingerprint density at radius 2 is 1.58 bits per heavy atom. The summed E-state index contributed by atoms with van der Waals surface area (Å²) in [4.78, 5) is 6.04. The summed E-state index contributed by atoms with van der Waals surface area (Å²) in [6.45, 7) is 12.6. The SMILES string of the molecule is CC(C)(C)C1(C)N(O[SiH3])OC(c2ccc(C(F)(F)F)cc2)C1(C)C. The fraction of sp³-hybridized carbons (Fsp3) is 0.647. The highest BCUT2D eigenvalue weighted by molar-refractivity contribution is 5.97. The lowest BCUT2D eigenvalue weighted by Gasteiger charge is -2.50. The maximum Gasteiger partial charge on any atom is 0.416 e. The molecule has 1 aromatic carbocycles. The molecule has 0 spiro atoms. The number of benzene rings is 1. The van der Waals surface area contributed by atoms with Gasteiger partial charge in [-0.05, 0) is 30.0 Å². The Labute approximate surface area is 144 Å². The average Bonchev–Trinajstić information content (AvgIpc) is 2.66. The molecule has 1 aromatic rings. The molecule has 24 heavy (non-hydrogen) atoms. The van der Waals surface area contributed by atoms with Gasteiger partial charge in [0.1, 0.15) is 6.10 Å². The summed E-state index contributed by atoms with van der Waals surface area (Å²) >= 11 is 0. The summed E-state index contributed by atoms with van der Waals surface area (Å²) in [6.07, 6.45) is -4.73. The topological polar surface area (TPSA) is 21.7 Å². The lowest BCUT2D eigenvalue weighted by Crippen LogP contribution is -2.58. The van der Waals surface area contributed by atoms with E-state index in [0.29, 0.717) is 16.0 Å². The molecule has 0 bridgehead atoms. The minimum Gasteiger partial charge on any atom is -0.332 e. The summed E-state index contributed by atoms with van der Waals surface area (Å²) < 4.78 is 44.0. The molecule has 3 nitrogen and oxygen atoms in total. The highest BCUT2D eigenvalue weighted by atomic mass is 28.2. The first-order valence-electron chi connectivity index (χ1n) is 7.95. The quantitative estimate of drug-likeness (QED) is 0.742. The maximum absolute atomic E-state index is 12.8. The Kier molecular flexibility index (Phi) is 4.72. The molecule has 0 aliphatic carbocycles. The number of halogens is 3. The smallest absolute Gasteiger partial charge is 0.332 e. The van der Waals surface area contributed by atoms with Crippen molar-refractivity contribution < 1.29 is 22.5 Å². The fourth-order valence-electron chi connectivity index (χ4n) is 3.61. The van der Waals surface area contributed by atoms with Crippen LogP contribution in [0.3, 0.4) is 0 Å². The van der Waals surface area contributed by atoms with Gasteiger partial charge in [0, 0.05) is 5.41 Å². The molecule has 0 saturated carbocycles. The minimum atomic E-state index is -4.34. The van der Waals surface area contributed by atoms with E-state index in [2.05, 4.69) is 41.5 Å². The number of hydrogen-bond donors (Lipinski definition) is 0. The van der Waals surface area contributed by atoms with E-state index in [9.17, 15) is 13.2 Å². The third kappa shape index (κ3) is 2.81. The van der Waals surface area contributed by atoms with Crippen LogP contribution < -0.4 is 0 Å². The van der Waals surface area contributed by atoms with Crippen LogP contribution in [0.2, 0.25) is 0 Å². The van der Waals surface area contributed by atoms with Gasteiger partial charge < -0.3 is 4.53 Å². The summed E-state index contributed by atoms with van der Waals surface area (Å²) in [5, 5.41) is 1.56. The molecular formula is C17H26F3NO2Si. The summed E-state index contributed by atoms with van der Waals surface area (Å²) in [7, 11) is 0.464. The van der Waals surface area contributed by atoms with Gasteiger partial charge in [-0.1, -0.05) is 52.0 Å². The summed E-state index contributed by atoms with van der Waals surface area (Å²) in [5.41, 5.74) is -0.937. The molecule has 1 aliphatic heterocycles. The molecule has 1 aliphatic rings. The third-order valence-corrected chi connectivity index (χ3v) is 5.98. The predicted octanol–water partition coefficient (Wildman–Crippen LogP) is 4.04. The first-order valence-corrected chi connectivity index (χ1v) is 8.76. The van der Waals surface area contributed by atoms with Crippen LogP contribution in [0, 0.1) is 10.8 Å². The van der Waals surface area contributed by atoms with Crippen LogP contribution in [0.1, 0.15) is 58.8 Å². The zero-order valence-electron chi connectivity index (χ0n) is 15.3. The Hall–Kier alpha value is -0.893. The van der Waals surface area contributed by atoms with E-state index in [4.69, 9.17) is 9.36 Å². The number of nitrogens with zero attached hydrogens (tertiary/aromatic N) is 1. The first-order chi connectivity index (χ1) is 10.8. The van der Waals surface area contributed by atoms with Gasteiger partial charge in [0.25, 0.3) is 0 Å². The number of alkyl halides is 3. The van der Waals surface area contributed by atoms with Crippen LogP contribution in [0.25, 0.3) is 0 Å². The van der Waals surface area contributed by atoms with E-state index < -0.39 is 23.4 Å². The zero-order valence-corrected chi connectivity index (χ0v) is 17.3. The normalized spacial score (nSPS) is 28.5. The fourth-order valence-corrected chi connectivity index (χ4v) is 4.07. The molecule has 2 rings (SSSR count). The van der Waals surface area contributed by atoms with Gasteiger partial charge in [-0.15, -0.1) is 0 Å². The van der Waals surface area contributed by atoms with Gasteiger partial charge in [-0.25, -0.2) is 0 Å². The number of hydroxylamine groups is 2. The molecular weight excluding hydrogens is 335 g/mol. The van der Waals surface area contributed by atoms with Crippen molar-refractivity contribution in [1.82, 2.24) is 5.23 Å². The monoisotopic (exact) mass is 361 g/mol. The lowest BCUT2D eigenvalue weighted by atomic mass is 9.58. The lowest BCUT2D eigenvalue weighted by molar-refractivity contribution is -0.355. The minimum absolute atomic E-state index is 0.165. The van der Waals surface area contributed by atoms with Crippen LogP contribution in [-0.2, 0) is 15.5 Å². The van der Waals surface area contributed by atoms with E-state index in [1.807, 2.05) is 0 Å². The average molecular weight is 361 g/mol. The summed E-state index contributed by atoms with van der Waals surface area (Å²) in [5.74, 6) is 0. The van der Waals surface area contributed by atoms with Crippen LogP contribution in [-0.4, -0.2) is 21.3 Å². The van der Waals surface area contributed by atoms with Gasteiger partial charge >= 0.3 is 6.18 Å². The van der Waals surface area contributed by atoms with Gasteiger partial charge in [0.2, 0.25) is 0 Å². The van der Waals surface area contributed by atoms with Crippen molar-refractivity contribution in [3.63, 3.8) is 0 Å². The van der Waals surface area contributed by atoms with Crippen LogP contribution in [0.4, 0.5) is 13.2 Å². The second-order valence-electron chi connectivity index (χ2n) is 8.09. The van der Waals surface area contributed by atoms with Crippen molar-refractivity contribution in [2.24, 2.45) is 10.8 Å². The molecule has 136 valence electrons. The van der Waals surface area contributed by atoms with Crippen molar-refractivity contribution in [2.45, 2.75) is 59.4 Å². The standard InChI is InChI=1S/C17H26F3NO2Si/c1-14(2,3)16(6)15(4,5)13(22-21(16)23-24)11-7-9-12(10-8-11)17(18,19)20/h7-10,13H,1-6,24H3. The first kappa shape index (κ1) is 19.4. The predicted molar refractivity (Wildman–Crippen MR) is 89.8 cm³/mol. The van der Waals surface area contributed by atoms with Crippen molar-refractivity contribution in [2.75, 3.05) is 0 Å². The summed E-state index contributed by atoms with van der Waals surface area (Å²) in [6, 6.07) is 5.20. The molecule has 0 amide bonds. The highest BCUT2D eigenvalue weighted by Gasteiger charge is 2.64. The molecule has 1 fully saturated rings. The maximum atomic E-state index is 12.8. The second kappa shape index (κ2) is 5.83. The second-order valence-corrected chi connectivity index (χ2v) is 8.45. The van der Waals surface area contributed by atoms with Crippen molar-refractivity contribution in [1.29, 1.82) is 0 Å². The van der Waals surface area contributed by atoms with E-state index in [0.717, 1.165) is 12.1 Å². The molecule has 0 radical (unpaired) electrons. The van der Waals surface area contributed by atoms with Crippen LogP contribution >= 0.6 is 0 Å². The molecule has 0 N–H and O–H groups in total. The Morgan fingerprint density at radius 3 is 1.92 bits per heavy atom. The molecule has 2 unspecified atom stereocenters. The third-order valence-electron chi connectivity index (χ3n) is 5.64. The molecule has 1 saturated heterocycles. The molecule has 7 heteroatoms. The molecule has 1 heterocycles. The molecule has 2 atom stereocenters. The Bertz CT molecular complexity index is 595. The highest BCUT2D eigenvalue weighted by Crippen LogP contribution is 2.60. The van der Waals surface area contributed by atoms with Crippen molar-refractivity contribution in [3.05, 3.63) is 35.4 Å². The van der Waals surface area contributed by atoms with E-state index in [-0.39, 0.29) is 10.8 Å².